The van der Waals surface area contributed by atoms with Gasteiger partial charge in [0.1, 0.15) is 0 Å². The summed E-state index contributed by atoms with van der Waals surface area (Å²) in [5.41, 5.74) is 2.19. The van der Waals surface area contributed by atoms with Crippen molar-refractivity contribution in [2.75, 3.05) is 7.05 Å². The summed E-state index contributed by atoms with van der Waals surface area (Å²) in [5, 5.41) is 0. The van der Waals surface area contributed by atoms with E-state index in [-0.39, 0.29) is 11.9 Å². The van der Waals surface area contributed by atoms with Crippen LogP contribution in [0.3, 0.4) is 0 Å². The summed E-state index contributed by atoms with van der Waals surface area (Å²) in [4.78, 5) is 13.4. The van der Waals surface area contributed by atoms with Crippen LogP contribution in [0.1, 0.15) is 32.6 Å². The number of nitrogens with zero attached hydrogens (tertiary/aromatic N) is 1. The first kappa shape index (κ1) is 10.5. The third-order valence-corrected chi connectivity index (χ3v) is 3.03. The van der Waals surface area contributed by atoms with E-state index >= 15 is 0 Å². The normalized spacial score (nSPS) is 20.6. The van der Waals surface area contributed by atoms with Crippen molar-refractivity contribution in [2.45, 2.75) is 44.7 Å². The molecule has 0 aromatic carbocycles. The van der Waals surface area contributed by atoms with Crippen LogP contribution in [-0.2, 0) is 4.79 Å². The second kappa shape index (κ2) is 4.58. The highest BCUT2D eigenvalue weighted by atomic mass is 16.2. The third-order valence-electron chi connectivity index (χ3n) is 3.03. The highest BCUT2D eigenvalue weighted by molar-refractivity contribution is 5.80. The predicted octanol–water partition coefficient (Wildman–Crippen LogP) is 0.239. The van der Waals surface area contributed by atoms with Gasteiger partial charge in [0.05, 0.1) is 6.04 Å². The molecule has 0 radical (unpaired) electrons. The molecule has 13 heavy (non-hydrogen) atoms. The number of rotatable bonds is 3. The predicted molar refractivity (Wildman–Crippen MR) is 51.8 cm³/mol. The van der Waals surface area contributed by atoms with E-state index in [4.69, 9.17) is 5.84 Å². The number of hydrogen-bond donors (Lipinski definition) is 2. The number of carbonyl (C=O) groups is 1. The molecule has 1 saturated carbocycles. The zero-order chi connectivity index (χ0) is 9.84. The molecule has 0 aliphatic heterocycles. The minimum absolute atomic E-state index is 0.102. The molecule has 1 aliphatic rings. The molecule has 1 unspecified atom stereocenters. The number of nitrogens with one attached hydrogen (secondary N) is 1. The molecule has 1 fully saturated rings. The smallest absolute Gasteiger partial charge is 0.250 e. The van der Waals surface area contributed by atoms with Crippen molar-refractivity contribution in [3.8, 4) is 0 Å². The van der Waals surface area contributed by atoms with Gasteiger partial charge in [0.15, 0.2) is 0 Å². The van der Waals surface area contributed by atoms with Gasteiger partial charge >= 0.3 is 0 Å². The summed E-state index contributed by atoms with van der Waals surface area (Å²) in [5.74, 6) is 4.98. The van der Waals surface area contributed by atoms with Crippen LogP contribution in [-0.4, -0.2) is 29.9 Å². The van der Waals surface area contributed by atoms with Crippen LogP contribution >= 0.6 is 0 Å². The molecule has 76 valence electrons. The lowest BCUT2D eigenvalue weighted by Crippen LogP contribution is -2.48. The van der Waals surface area contributed by atoms with Gasteiger partial charge in [-0.2, -0.15) is 0 Å². The Morgan fingerprint density at radius 3 is 2.54 bits per heavy atom. The Labute approximate surface area is 79.4 Å². The Morgan fingerprint density at radius 2 is 2.08 bits per heavy atom. The summed E-state index contributed by atoms with van der Waals surface area (Å²) in [7, 11) is 2.00. The Bertz CT molecular complexity index is 178. The van der Waals surface area contributed by atoms with Crippen LogP contribution in [0.5, 0.6) is 0 Å². The Balaban J connectivity index is 2.45. The molecule has 1 aliphatic carbocycles. The molecule has 0 spiro atoms. The SMILES string of the molecule is CC(C(=O)NN)N(C)C1CCCC1. The fourth-order valence-corrected chi connectivity index (χ4v) is 1.93. The maximum atomic E-state index is 11.2. The van der Waals surface area contributed by atoms with Gasteiger partial charge in [-0.15, -0.1) is 0 Å². The van der Waals surface area contributed by atoms with Crippen molar-refractivity contribution >= 4 is 5.91 Å². The van der Waals surface area contributed by atoms with Gasteiger partial charge in [-0.3, -0.25) is 15.1 Å². The van der Waals surface area contributed by atoms with Gasteiger partial charge in [-0.05, 0) is 26.8 Å². The molecule has 0 aromatic rings. The van der Waals surface area contributed by atoms with Gasteiger partial charge < -0.3 is 0 Å². The monoisotopic (exact) mass is 185 g/mol. The largest absolute Gasteiger partial charge is 0.293 e. The summed E-state index contributed by atoms with van der Waals surface area (Å²) >= 11 is 0. The average molecular weight is 185 g/mol. The standard InChI is InChI=1S/C9H19N3O/c1-7(9(13)11-10)12(2)8-5-3-4-6-8/h7-8H,3-6,10H2,1-2H3,(H,11,13). The van der Waals surface area contributed by atoms with Crippen LogP contribution in [0.15, 0.2) is 0 Å². The van der Waals surface area contributed by atoms with Gasteiger partial charge in [0.25, 0.3) is 5.91 Å². The van der Waals surface area contributed by atoms with Gasteiger partial charge in [0, 0.05) is 6.04 Å². The minimum atomic E-state index is -0.118. The number of carbonyl (C=O) groups excluding carboxylic acids is 1. The zero-order valence-corrected chi connectivity index (χ0v) is 8.42. The topological polar surface area (TPSA) is 58.4 Å². The summed E-state index contributed by atoms with van der Waals surface area (Å²) in [6, 6.07) is 0.445. The first-order chi connectivity index (χ1) is 6.16. The van der Waals surface area contributed by atoms with Gasteiger partial charge in [-0.25, -0.2) is 5.84 Å². The van der Waals surface area contributed by atoms with Crippen molar-refractivity contribution in [1.29, 1.82) is 0 Å². The number of nitrogens with two attached hydrogens (primary N) is 1. The second-order valence-corrected chi connectivity index (χ2v) is 3.79. The van der Waals surface area contributed by atoms with Gasteiger partial charge in [-0.1, -0.05) is 12.8 Å². The van der Waals surface area contributed by atoms with Crippen LogP contribution in [0, 0.1) is 0 Å². The van der Waals surface area contributed by atoms with Crippen molar-refractivity contribution in [1.82, 2.24) is 10.3 Å². The van der Waals surface area contributed by atoms with E-state index in [1.54, 1.807) is 0 Å². The Kier molecular flexibility index (Phi) is 3.69. The molecule has 4 heteroatoms. The highest BCUT2D eigenvalue weighted by Crippen LogP contribution is 2.23. The van der Waals surface area contributed by atoms with E-state index in [0.717, 1.165) is 0 Å². The molecular weight excluding hydrogens is 166 g/mol. The maximum Gasteiger partial charge on any atom is 0.250 e. The second-order valence-electron chi connectivity index (χ2n) is 3.79. The van der Waals surface area contributed by atoms with Crippen molar-refractivity contribution in [3.05, 3.63) is 0 Å². The molecule has 1 amide bonds. The van der Waals surface area contributed by atoms with Crippen molar-refractivity contribution in [3.63, 3.8) is 0 Å². The van der Waals surface area contributed by atoms with E-state index in [2.05, 4.69) is 10.3 Å². The van der Waals surface area contributed by atoms with E-state index in [1.807, 2.05) is 14.0 Å². The Hall–Kier alpha value is -0.610. The molecule has 3 N–H and O–H groups in total. The Morgan fingerprint density at radius 1 is 1.54 bits per heavy atom. The van der Waals surface area contributed by atoms with Crippen LogP contribution in [0.4, 0.5) is 0 Å². The summed E-state index contributed by atoms with van der Waals surface area (Å²) < 4.78 is 0. The fourth-order valence-electron chi connectivity index (χ4n) is 1.93. The van der Waals surface area contributed by atoms with Crippen molar-refractivity contribution in [2.24, 2.45) is 5.84 Å². The van der Waals surface area contributed by atoms with Gasteiger partial charge in [0.2, 0.25) is 0 Å². The summed E-state index contributed by atoms with van der Waals surface area (Å²) in [6.07, 6.45) is 4.98. The molecule has 0 heterocycles. The lowest BCUT2D eigenvalue weighted by Gasteiger charge is -2.28. The van der Waals surface area contributed by atoms with Crippen LogP contribution in [0.2, 0.25) is 0 Å². The molecule has 0 aromatic heterocycles. The van der Waals surface area contributed by atoms with E-state index in [0.29, 0.717) is 6.04 Å². The maximum absolute atomic E-state index is 11.2. The fraction of sp³-hybridized carbons (Fsp3) is 0.889. The van der Waals surface area contributed by atoms with E-state index < -0.39 is 0 Å². The first-order valence-corrected chi connectivity index (χ1v) is 4.89. The number of hydrogen-bond acceptors (Lipinski definition) is 3. The molecule has 1 atom stereocenters. The molecule has 1 rings (SSSR count). The minimum Gasteiger partial charge on any atom is -0.293 e. The van der Waals surface area contributed by atoms with E-state index in [9.17, 15) is 4.79 Å². The third kappa shape index (κ3) is 2.42. The lowest BCUT2D eigenvalue weighted by molar-refractivity contribution is -0.126. The molecule has 0 saturated heterocycles. The molecule has 0 bridgehead atoms. The molecule has 4 nitrogen and oxygen atoms in total. The number of amides is 1. The first-order valence-electron chi connectivity index (χ1n) is 4.89. The van der Waals surface area contributed by atoms with Crippen LogP contribution in [0.25, 0.3) is 0 Å². The highest BCUT2D eigenvalue weighted by Gasteiger charge is 2.26. The lowest BCUT2D eigenvalue weighted by atomic mass is 10.1. The zero-order valence-electron chi connectivity index (χ0n) is 8.42. The number of hydrazine groups is 1. The van der Waals surface area contributed by atoms with E-state index in [1.165, 1.54) is 25.7 Å². The average Bonchev–Trinajstić information content (AvgIpc) is 2.67. The summed E-state index contributed by atoms with van der Waals surface area (Å²) in [6.45, 7) is 1.89. The molecular formula is C9H19N3O. The number of likely N-dealkylation sites (N-methyl/N-ethyl adjacent to an activating group) is 1. The quantitative estimate of drug-likeness (QED) is 0.376. The van der Waals surface area contributed by atoms with Crippen molar-refractivity contribution < 1.29 is 4.79 Å². The van der Waals surface area contributed by atoms with Crippen LogP contribution < -0.4 is 11.3 Å².